The number of esters is 1. The van der Waals surface area contributed by atoms with E-state index in [9.17, 15) is 4.79 Å². The number of hydrogen-bond acceptors (Lipinski definition) is 4. The molecular weight excluding hydrogens is 264 g/mol. The maximum absolute atomic E-state index is 11.4. The number of benzene rings is 1. The van der Waals surface area contributed by atoms with E-state index in [1.807, 2.05) is 18.2 Å². The predicted octanol–water partition coefficient (Wildman–Crippen LogP) is 2.87. The minimum Gasteiger partial charge on any atom is -0.466 e. The molecule has 1 rings (SSSR count). The highest BCUT2D eigenvalue weighted by Gasteiger charge is 2.11. The fourth-order valence-electron chi connectivity index (χ4n) is 2.31. The van der Waals surface area contributed by atoms with E-state index in [0.29, 0.717) is 19.4 Å². The number of nitrogens with one attached hydrogen (secondary N) is 1. The van der Waals surface area contributed by atoms with Gasteiger partial charge in [-0.2, -0.15) is 0 Å². The second-order valence-corrected chi connectivity index (χ2v) is 5.32. The van der Waals surface area contributed by atoms with Gasteiger partial charge in [0.1, 0.15) is 0 Å². The second kappa shape index (κ2) is 9.29. The summed E-state index contributed by atoms with van der Waals surface area (Å²) in [5, 5.41) is 7.89. The molecule has 0 heterocycles. The van der Waals surface area contributed by atoms with Gasteiger partial charge in [-0.1, -0.05) is 37.6 Å². The Bertz CT molecular complexity index is 472. The molecule has 0 aromatic heterocycles. The lowest BCUT2D eigenvalue weighted by atomic mass is 9.99. The van der Waals surface area contributed by atoms with Gasteiger partial charge in [0.05, 0.1) is 13.0 Å². The van der Waals surface area contributed by atoms with Gasteiger partial charge in [-0.3, -0.25) is 4.79 Å². The lowest BCUT2D eigenvalue weighted by Crippen LogP contribution is -2.27. The number of carbonyl (C=O) groups is 1. The summed E-state index contributed by atoms with van der Waals surface area (Å²) in [6.45, 7) is 4.26. The van der Waals surface area contributed by atoms with E-state index in [4.69, 9.17) is 15.9 Å². The first-order valence-electron chi connectivity index (χ1n) is 7.60. The van der Waals surface area contributed by atoms with Crippen molar-refractivity contribution in [3.63, 3.8) is 0 Å². The van der Waals surface area contributed by atoms with Crippen LogP contribution in [0, 0.1) is 5.41 Å². The van der Waals surface area contributed by atoms with Crippen LogP contribution >= 0.6 is 0 Å². The van der Waals surface area contributed by atoms with Crippen LogP contribution in [0.25, 0.3) is 0 Å². The summed E-state index contributed by atoms with van der Waals surface area (Å²) in [5.41, 5.74) is 8.99. The van der Waals surface area contributed by atoms with E-state index in [1.54, 1.807) is 6.92 Å². The Morgan fingerprint density at radius 1 is 1.33 bits per heavy atom. The standard InChI is InChI=1S/C17H26N2O2/c1-3-6-15(18)10-13-7-5-8-14(9-13)11-16(19)12-17(20)21-4-2/h5,7-9,16,18H,3-4,6,10-12,19H2,1-2H3. The topological polar surface area (TPSA) is 76.2 Å². The summed E-state index contributed by atoms with van der Waals surface area (Å²) in [6.07, 6.45) is 3.42. The first-order chi connectivity index (χ1) is 10.0. The first-order valence-corrected chi connectivity index (χ1v) is 7.60. The summed E-state index contributed by atoms with van der Waals surface area (Å²) in [7, 11) is 0. The molecule has 0 bridgehead atoms. The van der Waals surface area contributed by atoms with Crippen LogP contribution in [0.15, 0.2) is 24.3 Å². The molecule has 3 N–H and O–H groups in total. The van der Waals surface area contributed by atoms with E-state index in [0.717, 1.165) is 29.7 Å². The molecule has 0 aliphatic heterocycles. The van der Waals surface area contributed by atoms with Crippen LogP contribution in [0.3, 0.4) is 0 Å². The SMILES string of the molecule is CCCC(=N)Cc1cccc(CC(N)CC(=O)OCC)c1. The molecule has 0 saturated carbocycles. The average molecular weight is 290 g/mol. The number of hydrogen-bond donors (Lipinski definition) is 2. The molecule has 0 spiro atoms. The van der Waals surface area contributed by atoms with Crippen LogP contribution < -0.4 is 5.73 Å². The monoisotopic (exact) mass is 290 g/mol. The quantitative estimate of drug-likeness (QED) is 0.542. The van der Waals surface area contributed by atoms with Crippen molar-refractivity contribution in [1.29, 1.82) is 5.41 Å². The smallest absolute Gasteiger partial charge is 0.307 e. The van der Waals surface area contributed by atoms with Crippen LogP contribution in [0.2, 0.25) is 0 Å². The van der Waals surface area contributed by atoms with Crippen LogP contribution in [0.4, 0.5) is 0 Å². The van der Waals surface area contributed by atoms with Gasteiger partial charge in [0.2, 0.25) is 0 Å². The highest BCUT2D eigenvalue weighted by Crippen LogP contribution is 2.11. The summed E-state index contributed by atoms with van der Waals surface area (Å²) >= 11 is 0. The van der Waals surface area contributed by atoms with Crippen molar-refractivity contribution in [2.45, 2.75) is 52.0 Å². The van der Waals surface area contributed by atoms with Gasteiger partial charge in [-0.05, 0) is 30.9 Å². The van der Waals surface area contributed by atoms with Gasteiger partial charge in [-0.25, -0.2) is 0 Å². The molecule has 0 amide bonds. The Morgan fingerprint density at radius 2 is 2.05 bits per heavy atom. The van der Waals surface area contributed by atoms with E-state index < -0.39 is 0 Å². The number of carbonyl (C=O) groups excluding carboxylic acids is 1. The Kier molecular flexibility index (Phi) is 7.69. The molecular formula is C17H26N2O2. The fraction of sp³-hybridized carbons (Fsp3) is 0.529. The maximum atomic E-state index is 11.4. The molecule has 0 aliphatic carbocycles. The van der Waals surface area contributed by atoms with E-state index in [1.165, 1.54) is 0 Å². The molecule has 4 nitrogen and oxygen atoms in total. The summed E-state index contributed by atoms with van der Waals surface area (Å²) in [4.78, 5) is 11.4. The molecule has 4 heteroatoms. The summed E-state index contributed by atoms with van der Waals surface area (Å²) in [5.74, 6) is -0.245. The lowest BCUT2D eigenvalue weighted by Gasteiger charge is -2.12. The van der Waals surface area contributed by atoms with Gasteiger partial charge in [0, 0.05) is 18.2 Å². The molecule has 0 radical (unpaired) electrons. The number of rotatable bonds is 9. The first kappa shape index (κ1) is 17.4. The highest BCUT2D eigenvalue weighted by molar-refractivity contribution is 5.83. The fourth-order valence-corrected chi connectivity index (χ4v) is 2.31. The third kappa shape index (κ3) is 7.04. The van der Waals surface area contributed by atoms with Crippen LogP contribution in [-0.4, -0.2) is 24.3 Å². The normalized spacial score (nSPS) is 12.0. The molecule has 1 aromatic rings. The van der Waals surface area contributed by atoms with Crippen LogP contribution in [0.1, 0.15) is 44.2 Å². The minimum absolute atomic E-state index is 0.227. The summed E-state index contributed by atoms with van der Waals surface area (Å²) < 4.78 is 4.91. The molecule has 0 saturated heterocycles. The van der Waals surface area contributed by atoms with Crippen molar-refractivity contribution in [1.82, 2.24) is 0 Å². The van der Waals surface area contributed by atoms with Gasteiger partial charge in [0.15, 0.2) is 0 Å². The van der Waals surface area contributed by atoms with Crippen LogP contribution in [-0.2, 0) is 22.4 Å². The second-order valence-electron chi connectivity index (χ2n) is 5.32. The largest absolute Gasteiger partial charge is 0.466 e. The van der Waals surface area contributed by atoms with Crippen molar-refractivity contribution in [3.8, 4) is 0 Å². The van der Waals surface area contributed by atoms with E-state index in [2.05, 4.69) is 13.0 Å². The number of ether oxygens (including phenoxy) is 1. The number of nitrogens with two attached hydrogens (primary N) is 1. The van der Waals surface area contributed by atoms with Crippen molar-refractivity contribution >= 4 is 11.7 Å². The minimum atomic E-state index is -0.245. The van der Waals surface area contributed by atoms with E-state index in [-0.39, 0.29) is 18.4 Å². The zero-order valence-electron chi connectivity index (χ0n) is 13.0. The molecule has 1 unspecified atom stereocenters. The van der Waals surface area contributed by atoms with Gasteiger partial charge in [-0.15, -0.1) is 0 Å². The molecule has 1 atom stereocenters. The average Bonchev–Trinajstić information content (AvgIpc) is 2.39. The van der Waals surface area contributed by atoms with Crippen molar-refractivity contribution in [2.75, 3.05) is 6.61 Å². The molecule has 21 heavy (non-hydrogen) atoms. The Balaban J connectivity index is 2.55. The third-order valence-electron chi connectivity index (χ3n) is 3.19. The summed E-state index contributed by atoms with van der Waals surface area (Å²) in [6, 6.07) is 7.88. The van der Waals surface area contributed by atoms with Gasteiger partial charge in [0.25, 0.3) is 0 Å². The molecule has 0 aliphatic rings. The van der Waals surface area contributed by atoms with Crippen molar-refractivity contribution in [3.05, 3.63) is 35.4 Å². The predicted molar refractivity (Wildman–Crippen MR) is 85.7 cm³/mol. The Labute approximate surface area is 127 Å². The van der Waals surface area contributed by atoms with Crippen molar-refractivity contribution in [2.24, 2.45) is 5.73 Å². The van der Waals surface area contributed by atoms with Gasteiger partial charge >= 0.3 is 5.97 Å². The molecule has 116 valence electrons. The lowest BCUT2D eigenvalue weighted by molar-refractivity contribution is -0.143. The highest BCUT2D eigenvalue weighted by atomic mass is 16.5. The molecule has 1 aromatic carbocycles. The van der Waals surface area contributed by atoms with Gasteiger partial charge < -0.3 is 15.9 Å². The van der Waals surface area contributed by atoms with Crippen molar-refractivity contribution < 1.29 is 9.53 Å². The maximum Gasteiger partial charge on any atom is 0.307 e. The van der Waals surface area contributed by atoms with Crippen LogP contribution in [0.5, 0.6) is 0 Å². The zero-order valence-corrected chi connectivity index (χ0v) is 13.0. The zero-order chi connectivity index (χ0) is 15.7. The van der Waals surface area contributed by atoms with E-state index >= 15 is 0 Å². The molecule has 0 fully saturated rings. The Hall–Kier alpha value is -1.68. The Morgan fingerprint density at radius 3 is 2.71 bits per heavy atom. The third-order valence-corrected chi connectivity index (χ3v) is 3.19.